The Morgan fingerprint density at radius 2 is 1.78 bits per heavy atom. The highest BCUT2D eigenvalue weighted by Crippen LogP contribution is 2.46. The van der Waals surface area contributed by atoms with Gasteiger partial charge in [0.25, 0.3) is 0 Å². The van der Waals surface area contributed by atoms with Gasteiger partial charge < -0.3 is 5.11 Å². The van der Waals surface area contributed by atoms with Crippen molar-refractivity contribution in [3.63, 3.8) is 0 Å². The number of hydrogen-bond donors (Lipinski definition) is 1. The zero-order chi connectivity index (χ0) is 12.8. The first-order valence-electron chi connectivity index (χ1n) is 6.37. The fourth-order valence-corrected chi connectivity index (χ4v) is 3.00. The largest absolute Gasteiger partial charge is 0.481 e. The molecule has 1 aliphatic rings. The minimum Gasteiger partial charge on any atom is -0.481 e. The molecule has 1 saturated carbocycles. The topological polar surface area (TPSA) is 37.3 Å². The van der Waals surface area contributed by atoms with Crippen LogP contribution >= 0.6 is 0 Å². The quantitative estimate of drug-likeness (QED) is 0.869. The molecule has 0 heterocycles. The highest BCUT2D eigenvalue weighted by atomic mass is 16.4. The van der Waals surface area contributed by atoms with Crippen molar-refractivity contribution in [2.45, 2.75) is 31.6 Å². The van der Waals surface area contributed by atoms with Crippen molar-refractivity contribution >= 4 is 16.7 Å². The molecule has 92 valence electrons. The van der Waals surface area contributed by atoms with E-state index in [-0.39, 0.29) is 0 Å². The Morgan fingerprint density at radius 3 is 2.33 bits per heavy atom. The van der Waals surface area contributed by atoms with Crippen LogP contribution in [0.4, 0.5) is 0 Å². The van der Waals surface area contributed by atoms with Crippen LogP contribution in [0.15, 0.2) is 36.4 Å². The molecular formula is C16H16O2. The predicted molar refractivity (Wildman–Crippen MR) is 71.8 cm³/mol. The SMILES string of the molecule is Cc1ccc(C2(C(=O)O)CCC2)c2ccccc12. The lowest BCUT2D eigenvalue weighted by Gasteiger charge is -2.39. The lowest BCUT2D eigenvalue weighted by Crippen LogP contribution is -2.42. The van der Waals surface area contributed by atoms with E-state index in [0.717, 1.165) is 30.2 Å². The standard InChI is InChI=1S/C16H16O2/c1-11-7-8-14(13-6-3-2-5-12(11)13)16(15(17)18)9-4-10-16/h2-3,5-8H,4,9-10H2,1H3,(H,17,18). The van der Waals surface area contributed by atoms with Crippen molar-refractivity contribution in [3.8, 4) is 0 Å². The van der Waals surface area contributed by atoms with Gasteiger partial charge in [0.05, 0.1) is 5.41 Å². The molecule has 0 radical (unpaired) electrons. The Bertz CT molecular complexity index is 624. The first-order chi connectivity index (χ1) is 8.65. The fraction of sp³-hybridized carbons (Fsp3) is 0.312. The van der Waals surface area contributed by atoms with Gasteiger partial charge >= 0.3 is 5.97 Å². The summed E-state index contributed by atoms with van der Waals surface area (Å²) in [5, 5.41) is 11.8. The Morgan fingerprint density at radius 1 is 1.11 bits per heavy atom. The summed E-state index contributed by atoms with van der Waals surface area (Å²) in [6, 6.07) is 12.2. The average molecular weight is 240 g/mol. The van der Waals surface area contributed by atoms with Gasteiger partial charge in [0.15, 0.2) is 0 Å². The molecule has 0 spiro atoms. The number of fused-ring (bicyclic) bond motifs is 1. The number of carbonyl (C=O) groups is 1. The van der Waals surface area contributed by atoms with Crippen molar-refractivity contribution < 1.29 is 9.90 Å². The van der Waals surface area contributed by atoms with Gasteiger partial charge in [-0.15, -0.1) is 0 Å². The van der Waals surface area contributed by atoms with E-state index in [1.807, 2.05) is 30.3 Å². The molecule has 18 heavy (non-hydrogen) atoms. The number of aliphatic carboxylic acids is 1. The summed E-state index contributed by atoms with van der Waals surface area (Å²) in [5.41, 5.74) is 1.55. The maximum Gasteiger partial charge on any atom is 0.314 e. The van der Waals surface area contributed by atoms with Crippen LogP contribution in [0.25, 0.3) is 10.8 Å². The molecule has 1 fully saturated rings. The van der Waals surface area contributed by atoms with Gasteiger partial charge in [0, 0.05) is 0 Å². The molecule has 0 unspecified atom stereocenters. The van der Waals surface area contributed by atoms with Gasteiger partial charge in [-0.3, -0.25) is 4.79 Å². The smallest absolute Gasteiger partial charge is 0.314 e. The average Bonchev–Trinajstić information content (AvgIpc) is 2.30. The van der Waals surface area contributed by atoms with E-state index in [2.05, 4.69) is 13.0 Å². The van der Waals surface area contributed by atoms with Gasteiger partial charge in [-0.2, -0.15) is 0 Å². The Balaban J connectivity index is 2.30. The molecule has 0 amide bonds. The number of carboxylic acid groups (broad SMARTS) is 1. The Hall–Kier alpha value is -1.83. The van der Waals surface area contributed by atoms with Gasteiger partial charge in [-0.25, -0.2) is 0 Å². The summed E-state index contributed by atoms with van der Waals surface area (Å²) in [6.07, 6.45) is 2.53. The molecule has 0 aromatic heterocycles. The third-order valence-corrected chi connectivity index (χ3v) is 4.27. The first kappa shape index (κ1) is 11.3. The second-order valence-corrected chi connectivity index (χ2v) is 5.22. The Kier molecular flexibility index (Phi) is 2.40. The maximum atomic E-state index is 11.6. The molecule has 0 bridgehead atoms. The minimum absolute atomic E-state index is 0.646. The molecule has 2 aromatic carbocycles. The zero-order valence-electron chi connectivity index (χ0n) is 10.4. The van der Waals surface area contributed by atoms with Crippen LogP contribution in [0.5, 0.6) is 0 Å². The predicted octanol–water partition coefficient (Wildman–Crippen LogP) is 3.65. The first-order valence-corrected chi connectivity index (χ1v) is 6.37. The van der Waals surface area contributed by atoms with Gasteiger partial charge in [-0.05, 0) is 41.7 Å². The third-order valence-electron chi connectivity index (χ3n) is 4.27. The minimum atomic E-state index is -0.678. The summed E-state index contributed by atoms with van der Waals surface area (Å²) in [7, 11) is 0. The van der Waals surface area contributed by atoms with Gasteiger partial charge in [0.1, 0.15) is 0 Å². The molecule has 2 nitrogen and oxygen atoms in total. The molecule has 1 aliphatic carbocycles. The molecule has 0 atom stereocenters. The lowest BCUT2D eigenvalue weighted by molar-refractivity contribution is -0.147. The van der Waals surface area contributed by atoms with Gasteiger partial charge in [-0.1, -0.05) is 42.8 Å². The van der Waals surface area contributed by atoms with Crippen LogP contribution in [-0.4, -0.2) is 11.1 Å². The second kappa shape index (κ2) is 3.84. The van der Waals surface area contributed by atoms with Crippen molar-refractivity contribution in [1.29, 1.82) is 0 Å². The zero-order valence-corrected chi connectivity index (χ0v) is 10.4. The Labute approximate surface area is 106 Å². The highest BCUT2D eigenvalue weighted by molar-refractivity contribution is 5.95. The summed E-state index contributed by atoms with van der Waals surface area (Å²) < 4.78 is 0. The third kappa shape index (κ3) is 1.38. The molecule has 1 N–H and O–H groups in total. The van der Waals surface area contributed by atoms with Crippen LogP contribution < -0.4 is 0 Å². The fourth-order valence-electron chi connectivity index (χ4n) is 3.00. The van der Waals surface area contributed by atoms with Crippen LogP contribution in [0, 0.1) is 6.92 Å². The number of rotatable bonds is 2. The van der Waals surface area contributed by atoms with Crippen LogP contribution in [0.3, 0.4) is 0 Å². The van der Waals surface area contributed by atoms with E-state index in [0.29, 0.717) is 0 Å². The summed E-state index contributed by atoms with van der Waals surface area (Å²) in [6.45, 7) is 2.07. The number of carboxylic acids is 1. The monoisotopic (exact) mass is 240 g/mol. The van der Waals surface area contributed by atoms with Gasteiger partial charge in [0.2, 0.25) is 0 Å². The molecule has 0 saturated heterocycles. The van der Waals surface area contributed by atoms with Crippen molar-refractivity contribution in [3.05, 3.63) is 47.5 Å². The molecule has 3 rings (SSSR count). The maximum absolute atomic E-state index is 11.6. The summed E-state index contributed by atoms with van der Waals surface area (Å²) in [5.74, 6) is -0.678. The van der Waals surface area contributed by atoms with E-state index in [1.165, 1.54) is 10.9 Å². The normalized spacial score (nSPS) is 17.4. The van der Waals surface area contributed by atoms with Crippen molar-refractivity contribution in [2.24, 2.45) is 0 Å². The van der Waals surface area contributed by atoms with Crippen LogP contribution in [0.2, 0.25) is 0 Å². The van der Waals surface area contributed by atoms with E-state index in [4.69, 9.17) is 0 Å². The van der Waals surface area contributed by atoms with E-state index in [1.54, 1.807) is 0 Å². The number of benzene rings is 2. The highest BCUT2D eigenvalue weighted by Gasteiger charge is 2.46. The van der Waals surface area contributed by atoms with Crippen LogP contribution in [-0.2, 0) is 10.2 Å². The summed E-state index contributed by atoms with van der Waals surface area (Å²) >= 11 is 0. The lowest BCUT2D eigenvalue weighted by atomic mass is 9.63. The molecular weight excluding hydrogens is 224 g/mol. The van der Waals surface area contributed by atoms with E-state index >= 15 is 0 Å². The molecule has 2 aromatic rings. The van der Waals surface area contributed by atoms with E-state index in [9.17, 15) is 9.90 Å². The number of aryl methyl sites for hydroxylation is 1. The van der Waals surface area contributed by atoms with E-state index < -0.39 is 11.4 Å². The van der Waals surface area contributed by atoms with Crippen molar-refractivity contribution in [2.75, 3.05) is 0 Å². The van der Waals surface area contributed by atoms with Crippen molar-refractivity contribution in [1.82, 2.24) is 0 Å². The summed E-state index contributed by atoms with van der Waals surface area (Å²) in [4.78, 5) is 11.6. The number of hydrogen-bond acceptors (Lipinski definition) is 1. The molecule has 2 heteroatoms. The molecule has 0 aliphatic heterocycles. The van der Waals surface area contributed by atoms with Crippen LogP contribution in [0.1, 0.15) is 30.4 Å². The second-order valence-electron chi connectivity index (χ2n) is 5.22.